The molecule has 1 aliphatic carbocycles. The molecular weight excluding hydrogens is 412 g/mol. The molecule has 0 saturated heterocycles. The van der Waals surface area contributed by atoms with Gasteiger partial charge in [0.15, 0.2) is 0 Å². The van der Waals surface area contributed by atoms with Crippen LogP contribution in [0.1, 0.15) is 41.6 Å². The molecule has 0 unspecified atom stereocenters. The van der Waals surface area contributed by atoms with Crippen LogP contribution in [0.5, 0.6) is 0 Å². The molecule has 1 aromatic carbocycles. The van der Waals surface area contributed by atoms with Crippen molar-refractivity contribution in [3.05, 3.63) is 46.1 Å². The number of nitrogens with zero attached hydrogens (tertiary/aromatic N) is 4. The number of carbonyl (C=O) groups is 1. The van der Waals surface area contributed by atoms with Gasteiger partial charge in [0.25, 0.3) is 0 Å². The van der Waals surface area contributed by atoms with Gasteiger partial charge in [-0.1, -0.05) is 29.5 Å². The first-order valence-electron chi connectivity index (χ1n) is 10.2. The quantitative estimate of drug-likeness (QED) is 0.391. The third-order valence-corrected chi connectivity index (χ3v) is 7.60. The number of fused-ring (bicyclic) bond motifs is 3. The summed E-state index contributed by atoms with van der Waals surface area (Å²) < 4.78 is 0. The molecule has 0 N–H and O–H groups in total. The molecule has 3 aromatic rings. The maximum absolute atomic E-state index is 13.4. The van der Waals surface area contributed by atoms with Crippen LogP contribution >= 0.6 is 23.1 Å². The number of hydrogen-bond acceptors (Lipinski definition) is 6. The molecule has 0 saturated carbocycles. The molecule has 154 valence electrons. The van der Waals surface area contributed by atoms with Crippen LogP contribution in [-0.2, 0) is 17.6 Å². The van der Waals surface area contributed by atoms with Gasteiger partial charge in [-0.05, 0) is 57.7 Å². The highest BCUT2D eigenvalue weighted by Crippen LogP contribution is 2.41. The molecule has 1 aliphatic rings. The minimum absolute atomic E-state index is 0.00427. The van der Waals surface area contributed by atoms with Crippen LogP contribution < -0.4 is 4.90 Å². The van der Waals surface area contributed by atoms with Crippen LogP contribution in [0, 0.1) is 25.2 Å². The normalized spacial score (nSPS) is 13.8. The van der Waals surface area contributed by atoms with Gasteiger partial charge in [0.05, 0.1) is 17.7 Å². The minimum atomic E-state index is -0.320. The number of aryl methyl sites for hydroxylation is 4. The number of aromatic nitrogens is 2. The van der Waals surface area contributed by atoms with Gasteiger partial charge < -0.3 is 4.90 Å². The largest absolute Gasteiger partial charge is 0.310 e. The lowest BCUT2D eigenvalue weighted by molar-refractivity contribution is -0.117. The Morgan fingerprint density at radius 1 is 1.27 bits per heavy atom. The standard InChI is InChI=1S/C23H24N4OS2/c1-14-8-10-17(11-9-14)27(13-5-12-24)23(28)15(2)29-21-20-18-6-4-7-19(18)30-22(20)26-16(3)25-21/h8-11,15H,4-7,13H2,1-3H3/t15-/m0/s1. The maximum atomic E-state index is 13.4. The molecular formula is C23H24N4OS2. The van der Waals surface area contributed by atoms with Crippen LogP contribution in [0.25, 0.3) is 10.2 Å². The fourth-order valence-electron chi connectivity index (χ4n) is 3.84. The van der Waals surface area contributed by atoms with Crippen molar-refractivity contribution in [1.29, 1.82) is 5.26 Å². The zero-order valence-corrected chi connectivity index (χ0v) is 19.1. The van der Waals surface area contributed by atoms with E-state index in [-0.39, 0.29) is 11.2 Å². The Morgan fingerprint density at radius 3 is 2.77 bits per heavy atom. The van der Waals surface area contributed by atoms with E-state index in [9.17, 15) is 4.79 Å². The number of carbonyl (C=O) groups excluding carboxylic acids is 1. The Bertz CT molecular complexity index is 1130. The van der Waals surface area contributed by atoms with E-state index in [2.05, 4.69) is 11.1 Å². The summed E-state index contributed by atoms with van der Waals surface area (Å²) in [5.41, 5.74) is 3.34. The molecule has 30 heavy (non-hydrogen) atoms. The number of thiophene rings is 1. The van der Waals surface area contributed by atoms with E-state index < -0.39 is 0 Å². The van der Waals surface area contributed by atoms with E-state index in [0.29, 0.717) is 13.0 Å². The molecule has 0 bridgehead atoms. The summed E-state index contributed by atoms with van der Waals surface area (Å²) in [5.74, 6) is 0.736. The molecule has 7 heteroatoms. The summed E-state index contributed by atoms with van der Waals surface area (Å²) in [7, 11) is 0. The average Bonchev–Trinajstić information content (AvgIpc) is 3.29. The van der Waals surface area contributed by atoms with Crippen molar-refractivity contribution < 1.29 is 4.79 Å². The van der Waals surface area contributed by atoms with Gasteiger partial charge in [-0.2, -0.15) is 5.26 Å². The molecule has 1 atom stereocenters. The van der Waals surface area contributed by atoms with Gasteiger partial charge in [-0.25, -0.2) is 9.97 Å². The second kappa shape index (κ2) is 8.75. The highest BCUT2D eigenvalue weighted by atomic mass is 32.2. The lowest BCUT2D eigenvalue weighted by Crippen LogP contribution is -2.37. The number of benzene rings is 1. The fraction of sp³-hybridized carbons (Fsp3) is 0.391. The zero-order valence-electron chi connectivity index (χ0n) is 17.4. The van der Waals surface area contributed by atoms with Crippen molar-refractivity contribution in [2.45, 2.75) is 56.7 Å². The zero-order chi connectivity index (χ0) is 21.3. The second-order valence-electron chi connectivity index (χ2n) is 7.61. The Morgan fingerprint density at radius 2 is 2.03 bits per heavy atom. The Kier molecular flexibility index (Phi) is 6.07. The van der Waals surface area contributed by atoms with Crippen molar-refractivity contribution in [2.75, 3.05) is 11.4 Å². The van der Waals surface area contributed by atoms with Gasteiger partial charge in [0.2, 0.25) is 5.91 Å². The van der Waals surface area contributed by atoms with E-state index in [0.717, 1.165) is 45.2 Å². The third kappa shape index (κ3) is 4.07. The SMILES string of the molecule is Cc1ccc(N(CCC#N)C(=O)[C@H](C)Sc2nc(C)nc3sc4c(c23)CCC4)cc1. The predicted octanol–water partition coefficient (Wildman–Crippen LogP) is 5.22. The summed E-state index contributed by atoms with van der Waals surface area (Å²) in [4.78, 5) is 26.9. The minimum Gasteiger partial charge on any atom is -0.310 e. The second-order valence-corrected chi connectivity index (χ2v) is 10.0. The molecule has 0 radical (unpaired) electrons. The maximum Gasteiger partial charge on any atom is 0.240 e. The Balaban J connectivity index is 1.63. The summed E-state index contributed by atoms with van der Waals surface area (Å²) in [6, 6.07) is 10.0. The smallest absolute Gasteiger partial charge is 0.240 e. The van der Waals surface area contributed by atoms with Gasteiger partial charge in [0, 0.05) is 22.5 Å². The molecule has 2 aromatic heterocycles. The van der Waals surface area contributed by atoms with Crippen molar-refractivity contribution >= 4 is 44.9 Å². The van der Waals surface area contributed by atoms with Crippen molar-refractivity contribution in [1.82, 2.24) is 9.97 Å². The van der Waals surface area contributed by atoms with E-state index in [1.165, 1.54) is 28.6 Å². The summed E-state index contributed by atoms with van der Waals surface area (Å²) in [6.07, 6.45) is 3.66. The van der Waals surface area contributed by atoms with Crippen LogP contribution in [0.3, 0.4) is 0 Å². The van der Waals surface area contributed by atoms with Gasteiger partial charge in [-0.3, -0.25) is 4.79 Å². The van der Waals surface area contributed by atoms with Crippen molar-refractivity contribution in [3.63, 3.8) is 0 Å². The van der Waals surface area contributed by atoms with Crippen LogP contribution in [0.2, 0.25) is 0 Å². The van der Waals surface area contributed by atoms with E-state index in [1.54, 1.807) is 16.2 Å². The third-order valence-electron chi connectivity index (χ3n) is 5.34. The lowest BCUT2D eigenvalue weighted by atomic mass is 10.2. The number of amides is 1. The number of rotatable bonds is 6. The predicted molar refractivity (Wildman–Crippen MR) is 123 cm³/mol. The van der Waals surface area contributed by atoms with Crippen molar-refractivity contribution in [2.24, 2.45) is 0 Å². The van der Waals surface area contributed by atoms with Crippen LogP contribution in [-0.4, -0.2) is 27.7 Å². The Labute approximate surface area is 185 Å². The first-order valence-corrected chi connectivity index (χ1v) is 11.9. The van der Waals surface area contributed by atoms with E-state index in [4.69, 9.17) is 10.2 Å². The van der Waals surface area contributed by atoms with Gasteiger partial charge in [0.1, 0.15) is 15.7 Å². The molecule has 5 nitrogen and oxygen atoms in total. The van der Waals surface area contributed by atoms with Crippen LogP contribution in [0.15, 0.2) is 29.3 Å². The Hall–Kier alpha value is -2.43. The van der Waals surface area contributed by atoms with Gasteiger partial charge >= 0.3 is 0 Å². The average molecular weight is 437 g/mol. The molecule has 1 amide bonds. The monoisotopic (exact) mass is 436 g/mol. The summed E-state index contributed by atoms with van der Waals surface area (Å²) >= 11 is 3.28. The van der Waals surface area contributed by atoms with Crippen molar-refractivity contribution in [3.8, 4) is 6.07 Å². The topological polar surface area (TPSA) is 69.9 Å². The summed E-state index contributed by atoms with van der Waals surface area (Å²) in [6.45, 7) is 6.24. The van der Waals surface area contributed by atoms with E-state index >= 15 is 0 Å². The molecule has 0 fully saturated rings. The highest BCUT2D eigenvalue weighted by Gasteiger charge is 2.27. The van der Waals surface area contributed by atoms with E-state index in [1.807, 2.05) is 45.0 Å². The molecule has 0 spiro atoms. The molecule has 4 rings (SSSR count). The molecule has 0 aliphatic heterocycles. The molecule has 2 heterocycles. The first kappa shape index (κ1) is 20.8. The number of nitriles is 1. The number of anilines is 1. The summed E-state index contributed by atoms with van der Waals surface area (Å²) in [5, 5.41) is 10.8. The van der Waals surface area contributed by atoms with Crippen LogP contribution in [0.4, 0.5) is 5.69 Å². The van der Waals surface area contributed by atoms with Gasteiger partial charge in [-0.15, -0.1) is 11.3 Å². The number of hydrogen-bond donors (Lipinski definition) is 0. The first-order chi connectivity index (χ1) is 14.5. The highest BCUT2D eigenvalue weighted by molar-refractivity contribution is 8.00. The fourth-order valence-corrected chi connectivity index (χ4v) is 6.30. The number of thioether (sulfide) groups is 1. The lowest BCUT2D eigenvalue weighted by Gasteiger charge is -2.25.